The van der Waals surface area contributed by atoms with E-state index in [-0.39, 0.29) is 29.8 Å². The third-order valence-electron chi connectivity index (χ3n) is 4.48. The van der Waals surface area contributed by atoms with E-state index in [0.717, 1.165) is 0 Å². The Bertz CT molecular complexity index is 433. The highest BCUT2D eigenvalue weighted by molar-refractivity contribution is 7.96. The van der Waals surface area contributed by atoms with E-state index in [1.807, 2.05) is 55.4 Å². The maximum Gasteiger partial charge on any atom is 0.326 e. The van der Waals surface area contributed by atoms with Gasteiger partial charge in [-0.25, -0.2) is 5.26 Å². The van der Waals surface area contributed by atoms with Crippen LogP contribution in [0.1, 0.15) is 62.3 Å². The van der Waals surface area contributed by atoms with Crippen LogP contribution in [0.25, 0.3) is 0 Å². The van der Waals surface area contributed by atoms with Crippen molar-refractivity contribution < 1.29 is 33.7 Å². The Balaban J connectivity index is 5.98. The van der Waals surface area contributed by atoms with E-state index in [1.54, 1.807) is 0 Å². The first-order valence-electron chi connectivity index (χ1n) is 8.95. The molecule has 0 saturated heterocycles. The van der Waals surface area contributed by atoms with Gasteiger partial charge < -0.3 is 9.47 Å². The highest BCUT2D eigenvalue weighted by atomic mass is 32.2. The van der Waals surface area contributed by atoms with E-state index in [9.17, 15) is 9.59 Å². The molecule has 0 aromatic carbocycles. The normalized spacial score (nSPS) is 13.8. The summed E-state index contributed by atoms with van der Waals surface area (Å²) in [6, 6.07) is 0. The van der Waals surface area contributed by atoms with E-state index < -0.39 is 22.8 Å². The van der Waals surface area contributed by atoms with Crippen molar-refractivity contribution >= 4 is 24.0 Å². The summed E-state index contributed by atoms with van der Waals surface area (Å²) in [5.74, 6) is -1.32. The van der Waals surface area contributed by atoms with Crippen LogP contribution in [0.15, 0.2) is 0 Å². The average molecular weight is 395 g/mol. The van der Waals surface area contributed by atoms with Crippen LogP contribution in [0.4, 0.5) is 0 Å². The topological polar surface area (TPSA) is 91.3 Å². The molecule has 0 spiro atoms. The quantitative estimate of drug-likeness (QED) is 0.240. The molecule has 0 heterocycles. The fourth-order valence-electron chi connectivity index (χ4n) is 3.40. The smallest absolute Gasteiger partial charge is 0.326 e. The van der Waals surface area contributed by atoms with Crippen molar-refractivity contribution in [1.29, 1.82) is 0 Å². The largest absolute Gasteiger partial charge is 0.461 e. The van der Waals surface area contributed by atoms with E-state index in [2.05, 4.69) is 9.37 Å². The van der Waals surface area contributed by atoms with Crippen molar-refractivity contribution in [1.82, 2.24) is 0 Å². The molecular formula is C18H34O7S. The minimum Gasteiger partial charge on any atom is -0.461 e. The van der Waals surface area contributed by atoms with Gasteiger partial charge in [-0.15, -0.1) is 4.33 Å². The zero-order chi connectivity index (χ0) is 20.7. The van der Waals surface area contributed by atoms with Crippen LogP contribution < -0.4 is 0 Å². The monoisotopic (exact) mass is 394 g/mol. The van der Waals surface area contributed by atoms with Crippen molar-refractivity contribution in [2.45, 2.75) is 79.3 Å². The first-order valence-corrected chi connectivity index (χ1v) is 9.75. The molecule has 0 aliphatic carbocycles. The van der Waals surface area contributed by atoms with Gasteiger partial charge in [0.25, 0.3) is 0 Å². The van der Waals surface area contributed by atoms with Crippen molar-refractivity contribution in [2.75, 3.05) is 0 Å². The molecule has 1 N–H and O–H groups in total. The second kappa shape index (κ2) is 11.1. The van der Waals surface area contributed by atoms with Gasteiger partial charge in [-0.2, -0.15) is 0 Å². The molecular weight excluding hydrogens is 360 g/mol. The second-order valence-electron chi connectivity index (χ2n) is 7.76. The molecule has 0 saturated carbocycles. The summed E-state index contributed by atoms with van der Waals surface area (Å²) in [6.45, 7) is 16.6. The summed E-state index contributed by atoms with van der Waals surface area (Å²) in [5.41, 5.74) is -1.20. The summed E-state index contributed by atoms with van der Waals surface area (Å²) in [4.78, 5) is 24.9. The van der Waals surface area contributed by atoms with Gasteiger partial charge >= 0.3 is 11.9 Å². The highest BCUT2D eigenvalue weighted by Crippen LogP contribution is 2.41. The Hall–Kier alpha value is -0.830. The standard InChI is InChI=1S/C18H34O7S/c1-10(2)15(11(3)4)22-17(20)16(26-25-24-21)18(12(5)6,13(7)8)23-14(9)19/h10-13,15-16,21H,1-9H3. The molecule has 1 unspecified atom stereocenters. The van der Waals surface area contributed by atoms with Gasteiger partial charge in [0.1, 0.15) is 11.7 Å². The third-order valence-corrected chi connectivity index (χ3v) is 5.37. The number of hydrogen-bond acceptors (Lipinski definition) is 8. The zero-order valence-electron chi connectivity index (χ0n) is 17.3. The van der Waals surface area contributed by atoms with E-state index >= 15 is 0 Å². The van der Waals surface area contributed by atoms with Gasteiger partial charge in [-0.05, 0) is 23.7 Å². The zero-order valence-corrected chi connectivity index (χ0v) is 18.1. The highest BCUT2D eigenvalue weighted by Gasteiger charge is 2.53. The summed E-state index contributed by atoms with van der Waals surface area (Å²) in [6.07, 6.45) is -0.310. The van der Waals surface area contributed by atoms with Crippen LogP contribution in [0.3, 0.4) is 0 Å². The fourth-order valence-corrected chi connectivity index (χ4v) is 4.39. The lowest BCUT2D eigenvalue weighted by Crippen LogP contribution is -2.57. The lowest BCUT2D eigenvalue weighted by molar-refractivity contribution is -0.432. The SMILES string of the molecule is CC(=O)OC(C(C)C)(C(C)C)C(SOOO)C(=O)OC(C(C)C)C(C)C. The predicted molar refractivity (Wildman–Crippen MR) is 99.9 cm³/mol. The second-order valence-corrected chi connectivity index (χ2v) is 8.56. The molecule has 0 aromatic rings. The minimum absolute atomic E-state index is 0.112. The van der Waals surface area contributed by atoms with Gasteiger partial charge in [0.05, 0.1) is 12.0 Å². The lowest BCUT2D eigenvalue weighted by Gasteiger charge is -2.44. The molecule has 0 aromatic heterocycles. The molecule has 7 nitrogen and oxygen atoms in total. The summed E-state index contributed by atoms with van der Waals surface area (Å²) in [7, 11) is 0. The Morgan fingerprint density at radius 3 is 1.69 bits per heavy atom. The van der Waals surface area contributed by atoms with Crippen molar-refractivity contribution in [2.24, 2.45) is 23.7 Å². The van der Waals surface area contributed by atoms with Crippen molar-refractivity contribution in [3.63, 3.8) is 0 Å². The Morgan fingerprint density at radius 2 is 1.38 bits per heavy atom. The maximum absolute atomic E-state index is 13.1. The number of carbonyl (C=O) groups is 2. The van der Waals surface area contributed by atoms with Gasteiger partial charge in [-0.3, -0.25) is 9.59 Å². The molecule has 0 aliphatic rings. The maximum atomic E-state index is 13.1. The van der Waals surface area contributed by atoms with Crippen LogP contribution in [-0.2, 0) is 28.4 Å². The number of rotatable bonds is 11. The Kier molecular flexibility index (Phi) is 10.8. The summed E-state index contributed by atoms with van der Waals surface area (Å²) in [5, 5.41) is 11.2. The lowest BCUT2D eigenvalue weighted by atomic mass is 9.77. The third kappa shape index (κ3) is 6.40. The average Bonchev–Trinajstić information content (AvgIpc) is 2.49. The molecule has 26 heavy (non-hydrogen) atoms. The molecule has 0 aliphatic heterocycles. The van der Waals surface area contributed by atoms with Crippen molar-refractivity contribution in [3.8, 4) is 0 Å². The van der Waals surface area contributed by atoms with Crippen LogP contribution in [0.2, 0.25) is 0 Å². The molecule has 0 fully saturated rings. The van der Waals surface area contributed by atoms with Crippen LogP contribution >= 0.6 is 12.0 Å². The summed E-state index contributed by atoms with van der Waals surface area (Å²) < 4.78 is 16.0. The van der Waals surface area contributed by atoms with E-state index in [4.69, 9.17) is 14.7 Å². The van der Waals surface area contributed by atoms with Gasteiger partial charge in [0.15, 0.2) is 5.25 Å². The van der Waals surface area contributed by atoms with Gasteiger partial charge in [0, 0.05) is 6.92 Å². The van der Waals surface area contributed by atoms with Gasteiger partial charge in [0.2, 0.25) is 0 Å². The molecule has 1 atom stereocenters. The summed E-state index contributed by atoms with van der Waals surface area (Å²) >= 11 is 0.577. The number of hydrogen-bond donors (Lipinski definition) is 1. The molecule has 0 bridgehead atoms. The van der Waals surface area contributed by atoms with Crippen molar-refractivity contribution in [3.05, 3.63) is 0 Å². The van der Waals surface area contributed by atoms with Gasteiger partial charge in [-0.1, -0.05) is 60.4 Å². The van der Waals surface area contributed by atoms with E-state index in [0.29, 0.717) is 12.0 Å². The first kappa shape index (κ1) is 25.2. The Morgan fingerprint density at radius 1 is 0.923 bits per heavy atom. The van der Waals surface area contributed by atoms with Crippen LogP contribution in [0, 0.1) is 23.7 Å². The number of esters is 2. The van der Waals surface area contributed by atoms with Crippen LogP contribution in [0.5, 0.6) is 0 Å². The minimum atomic E-state index is -1.20. The van der Waals surface area contributed by atoms with Crippen LogP contribution in [-0.4, -0.2) is 34.2 Å². The van der Waals surface area contributed by atoms with E-state index in [1.165, 1.54) is 6.92 Å². The molecule has 0 amide bonds. The molecule has 154 valence electrons. The fraction of sp³-hybridized carbons (Fsp3) is 0.889. The number of ether oxygens (including phenoxy) is 2. The molecule has 8 heteroatoms. The first-order chi connectivity index (χ1) is 11.9. The Labute approximate surface area is 161 Å². The number of carbonyl (C=O) groups excluding carboxylic acids is 2. The predicted octanol–water partition coefficient (Wildman–Crippen LogP) is 4.26. The molecule has 0 radical (unpaired) electrons. The molecule has 0 rings (SSSR count).